The number of aryl methyl sites for hydroxylation is 2. The van der Waals surface area contributed by atoms with E-state index in [1.54, 1.807) is 32.0 Å². The topological polar surface area (TPSA) is 86.8 Å². The summed E-state index contributed by atoms with van der Waals surface area (Å²) < 4.78 is 26.3. The lowest BCUT2D eigenvalue weighted by atomic mass is 10.1. The Kier molecular flexibility index (Phi) is 8.91. The molecule has 0 aliphatic carbocycles. The molecule has 9 heteroatoms. The minimum Gasteiger partial charge on any atom is -0.352 e. The molecule has 2 rings (SSSR count). The van der Waals surface area contributed by atoms with Crippen LogP contribution in [0.2, 0.25) is 5.02 Å². The standard InChI is InChI=1S/C24H32ClN3O4S/c1-16(2)26-24(30)19(5)27(14-20-9-7-8-17(3)12-20)23(29)15-28(33(6,31)32)22-11-10-21(25)13-18(22)4/h7-13,16,19H,14-15H2,1-6H3,(H,26,30)/t19-/m1/s1. The first-order valence-electron chi connectivity index (χ1n) is 10.7. The Labute approximate surface area is 201 Å². The van der Waals surface area contributed by atoms with Gasteiger partial charge in [0.05, 0.1) is 11.9 Å². The second kappa shape index (κ2) is 11.0. The molecule has 0 heterocycles. The third kappa shape index (κ3) is 7.47. The highest BCUT2D eigenvalue weighted by Gasteiger charge is 2.30. The van der Waals surface area contributed by atoms with Crippen LogP contribution in [0.5, 0.6) is 0 Å². The minimum absolute atomic E-state index is 0.0971. The highest BCUT2D eigenvalue weighted by molar-refractivity contribution is 7.92. The molecule has 2 aromatic rings. The first-order chi connectivity index (χ1) is 15.3. The molecule has 0 radical (unpaired) electrons. The van der Waals surface area contributed by atoms with Crippen LogP contribution in [-0.2, 0) is 26.2 Å². The fourth-order valence-electron chi connectivity index (χ4n) is 3.49. The van der Waals surface area contributed by atoms with Crippen molar-refractivity contribution >= 4 is 39.1 Å². The molecular weight excluding hydrogens is 462 g/mol. The van der Waals surface area contributed by atoms with Gasteiger partial charge in [0.25, 0.3) is 0 Å². The second-order valence-electron chi connectivity index (χ2n) is 8.55. The van der Waals surface area contributed by atoms with E-state index in [9.17, 15) is 18.0 Å². The molecule has 0 bridgehead atoms. The van der Waals surface area contributed by atoms with Gasteiger partial charge >= 0.3 is 0 Å². The van der Waals surface area contributed by atoms with Crippen molar-refractivity contribution in [1.29, 1.82) is 0 Å². The molecule has 0 saturated heterocycles. The van der Waals surface area contributed by atoms with E-state index in [0.29, 0.717) is 16.3 Å². The number of nitrogens with zero attached hydrogens (tertiary/aromatic N) is 2. The van der Waals surface area contributed by atoms with Gasteiger partial charge in [-0.3, -0.25) is 13.9 Å². The third-order valence-electron chi connectivity index (χ3n) is 5.14. The first kappa shape index (κ1) is 26.7. The zero-order chi connectivity index (χ0) is 24.9. The van der Waals surface area contributed by atoms with Gasteiger partial charge in [-0.1, -0.05) is 41.4 Å². The van der Waals surface area contributed by atoms with Gasteiger partial charge in [-0.25, -0.2) is 8.42 Å². The Morgan fingerprint density at radius 2 is 1.73 bits per heavy atom. The second-order valence-corrected chi connectivity index (χ2v) is 10.9. The van der Waals surface area contributed by atoms with Crippen LogP contribution >= 0.6 is 11.6 Å². The van der Waals surface area contributed by atoms with Crippen molar-refractivity contribution in [2.75, 3.05) is 17.1 Å². The molecule has 180 valence electrons. The largest absolute Gasteiger partial charge is 0.352 e. The quantitative estimate of drug-likeness (QED) is 0.577. The van der Waals surface area contributed by atoms with E-state index in [2.05, 4.69) is 5.32 Å². The van der Waals surface area contributed by atoms with E-state index >= 15 is 0 Å². The van der Waals surface area contributed by atoms with Gasteiger partial charge < -0.3 is 10.2 Å². The maximum Gasteiger partial charge on any atom is 0.244 e. The molecule has 1 atom stereocenters. The molecule has 0 spiro atoms. The van der Waals surface area contributed by atoms with Crippen molar-refractivity contribution in [3.63, 3.8) is 0 Å². The zero-order valence-corrected chi connectivity index (χ0v) is 21.5. The van der Waals surface area contributed by atoms with E-state index in [-0.39, 0.29) is 18.5 Å². The maximum atomic E-state index is 13.5. The molecule has 0 aliphatic heterocycles. The zero-order valence-electron chi connectivity index (χ0n) is 19.9. The third-order valence-corrected chi connectivity index (χ3v) is 6.50. The van der Waals surface area contributed by atoms with Gasteiger partial charge in [0.2, 0.25) is 21.8 Å². The molecule has 0 aromatic heterocycles. The summed E-state index contributed by atoms with van der Waals surface area (Å²) in [5.74, 6) is -0.790. The van der Waals surface area contributed by atoms with Crippen molar-refractivity contribution in [2.24, 2.45) is 0 Å². The van der Waals surface area contributed by atoms with Crippen LogP contribution in [0.3, 0.4) is 0 Å². The van der Waals surface area contributed by atoms with Crippen LogP contribution in [0.15, 0.2) is 42.5 Å². The van der Waals surface area contributed by atoms with E-state index in [4.69, 9.17) is 11.6 Å². The van der Waals surface area contributed by atoms with Crippen LogP contribution in [0.25, 0.3) is 0 Å². The molecule has 7 nitrogen and oxygen atoms in total. The summed E-state index contributed by atoms with van der Waals surface area (Å²) in [4.78, 5) is 27.6. The summed E-state index contributed by atoms with van der Waals surface area (Å²) in [7, 11) is -3.78. The minimum atomic E-state index is -3.78. The smallest absolute Gasteiger partial charge is 0.244 e. The van der Waals surface area contributed by atoms with Gasteiger partial charge in [-0.05, 0) is 63.9 Å². The molecule has 0 saturated carbocycles. The lowest BCUT2D eigenvalue weighted by molar-refractivity contribution is -0.139. The number of halogens is 1. The number of nitrogens with one attached hydrogen (secondary N) is 1. The number of rotatable bonds is 9. The van der Waals surface area contributed by atoms with Gasteiger partial charge in [0.1, 0.15) is 12.6 Å². The molecule has 1 N–H and O–H groups in total. The number of hydrogen-bond acceptors (Lipinski definition) is 4. The number of amides is 2. The van der Waals surface area contributed by atoms with Crippen LogP contribution in [0, 0.1) is 13.8 Å². The monoisotopic (exact) mass is 493 g/mol. The molecule has 0 aliphatic rings. The molecule has 33 heavy (non-hydrogen) atoms. The number of carbonyl (C=O) groups excluding carboxylic acids is 2. The molecule has 2 aromatic carbocycles. The fourth-order valence-corrected chi connectivity index (χ4v) is 4.62. The number of carbonyl (C=O) groups is 2. The van der Waals surface area contributed by atoms with Crippen molar-refractivity contribution in [3.05, 3.63) is 64.2 Å². The van der Waals surface area contributed by atoms with Crippen molar-refractivity contribution in [3.8, 4) is 0 Å². The lowest BCUT2D eigenvalue weighted by Crippen LogP contribution is -2.52. The summed E-state index contributed by atoms with van der Waals surface area (Å²) in [5.41, 5.74) is 2.86. The van der Waals surface area contributed by atoms with Crippen LogP contribution in [0.1, 0.15) is 37.5 Å². The molecular formula is C24H32ClN3O4S. The Balaban J connectivity index is 2.42. The van der Waals surface area contributed by atoms with E-state index in [1.807, 2.05) is 45.0 Å². The predicted octanol–water partition coefficient (Wildman–Crippen LogP) is 3.66. The normalized spacial score (nSPS) is 12.4. The summed E-state index contributed by atoms with van der Waals surface area (Å²) in [6, 6.07) is 11.5. The van der Waals surface area contributed by atoms with Crippen molar-refractivity contribution in [1.82, 2.24) is 10.2 Å². The summed E-state index contributed by atoms with van der Waals surface area (Å²) >= 11 is 6.03. The van der Waals surface area contributed by atoms with Crippen molar-refractivity contribution < 1.29 is 18.0 Å². The van der Waals surface area contributed by atoms with Crippen LogP contribution in [-0.4, -0.2) is 50.0 Å². The highest BCUT2D eigenvalue weighted by Crippen LogP contribution is 2.26. The Hall–Kier alpha value is -2.58. The summed E-state index contributed by atoms with van der Waals surface area (Å²) in [6.07, 6.45) is 1.05. The number of hydrogen-bond donors (Lipinski definition) is 1. The lowest BCUT2D eigenvalue weighted by Gasteiger charge is -2.32. The molecule has 2 amide bonds. The summed E-state index contributed by atoms with van der Waals surface area (Å²) in [6.45, 7) is 8.73. The van der Waals surface area contributed by atoms with E-state index < -0.39 is 28.5 Å². The average molecular weight is 494 g/mol. The van der Waals surface area contributed by atoms with Crippen LogP contribution < -0.4 is 9.62 Å². The number of benzene rings is 2. The van der Waals surface area contributed by atoms with E-state index in [1.165, 1.54) is 4.90 Å². The van der Waals surface area contributed by atoms with Crippen LogP contribution in [0.4, 0.5) is 5.69 Å². The molecule has 0 unspecified atom stereocenters. The van der Waals surface area contributed by atoms with Crippen molar-refractivity contribution in [2.45, 2.75) is 53.2 Å². The Morgan fingerprint density at radius 1 is 1.06 bits per heavy atom. The van der Waals surface area contributed by atoms with Gasteiger partial charge in [0.15, 0.2) is 0 Å². The number of sulfonamides is 1. The highest BCUT2D eigenvalue weighted by atomic mass is 35.5. The summed E-state index contributed by atoms with van der Waals surface area (Å²) in [5, 5.41) is 3.29. The average Bonchev–Trinajstić information content (AvgIpc) is 2.69. The molecule has 0 fully saturated rings. The van der Waals surface area contributed by atoms with Gasteiger partial charge in [-0.2, -0.15) is 0 Å². The predicted molar refractivity (Wildman–Crippen MR) is 133 cm³/mol. The van der Waals surface area contributed by atoms with Gasteiger partial charge in [-0.15, -0.1) is 0 Å². The van der Waals surface area contributed by atoms with E-state index in [0.717, 1.165) is 21.7 Å². The Bertz CT molecular complexity index is 1120. The fraction of sp³-hybridized carbons (Fsp3) is 0.417. The SMILES string of the molecule is Cc1cccc(CN(C(=O)CN(c2ccc(Cl)cc2C)S(C)(=O)=O)[C@H](C)C(=O)NC(C)C)c1. The maximum absolute atomic E-state index is 13.5. The number of anilines is 1. The first-order valence-corrected chi connectivity index (χ1v) is 12.9. The van der Waals surface area contributed by atoms with Gasteiger partial charge in [0, 0.05) is 17.6 Å². The Morgan fingerprint density at radius 3 is 2.27 bits per heavy atom.